The number of aromatic nitrogens is 3. The van der Waals surface area contributed by atoms with E-state index < -0.39 is 12.1 Å². The van der Waals surface area contributed by atoms with E-state index in [1.165, 1.54) is 0 Å². The van der Waals surface area contributed by atoms with Gasteiger partial charge in [-0.05, 0) is 62.7 Å². The fraction of sp³-hybridized carbons (Fsp3) is 0.281. The van der Waals surface area contributed by atoms with Crippen molar-refractivity contribution in [1.82, 2.24) is 20.1 Å². The molecule has 2 atom stereocenters. The van der Waals surface area contributed by atoms with E-state index in [2.05, 4.69) is 20.8 Å². The van der Waals surface area contributed by atoms with Crippen molar-refractivity contribution in [3.63, 3.8) is 0 Å². The van der Waals surface area contributed by atoms with Gasteiger partial charge in [0.15, 0.2) is 11.9 Å². The first-order chi connectivity index (χ1) is 20.4. The van der Waals surface area contributed by atoms with Crippen LogP contribution in [-0.2, 0) is 9.59 Å². The van der Waals surface area contributed by atoms with Crippen LogP contribution in [0.25, 0.3) is 5.69 Å². The number of nitrogens with one attached hydrogen (secondary N) is 2. The van der Waals surface area contributed by atoms with E-state index in [-0.39, 0.29) is 18.2 Å². The molecule has 9 nitrogen and oxygen atoms in total. The molecular weight excluding hydrogens is 552 g/mol. The summed E-state index contributed by atoms with van der Waals surface area (Å²) in [5.41, 5.74) is 3.75. The number of carbonyl (C=O) groups excluding carboxylic acids is 2. The summed E-state index contributed by atoms with van der Waals surface area (Å²) >= 11 is 6.22. The number of benzene rings is 3. The Hall–Kier alpha value is -4.50. The monoisotopic (exact) mass is 584 g/mol. The van der Waals surface area contributed by atoms with Crippen LogP contribution >= 0.6 is 11.6 Å². The Morgan fingerprint density at radius 3 is 2.50 bits per heavy atom. The lowest BCUT2D eigenvalue weighted by molar-refractivity contribution is -0.123. The third kappa shape index (κ3) is 6.36. The number of para-hydroxylation sites is 1. The second-order valence-electron chi connectivity index (χ2n) is 10.0. The largest absolute Gasteiger partial charge is 0.481 e. The summed E-state index contributed by atoms with van der Waals surface area (Å²) in [5, 5.41) is 15.2. The van der Waals surface area contributed by atoms with Gasteiger partial charge in [0.05, 0.1) is 17.8 Å². The third-order valence-corrected chi connectivity index (χ3v) is 7.18. The number of halogens is 1. The number of fused-ring (bicyclic) bond motifs is 3. The van der Waals surface area contributed by atoms with Crippen molar-refractivity contribution in [2.75, 3.05) is 11.9 Å². The zero-order valence-corrected chi connectivity index (χ0v) is 24.6. The average Bonchev–Trinajstić information content (AvgIpc) is 3.31. The highest BCUT2D eigenvalue weighted by atomic mass is 35.5. The zero-order valence-electron chi connectivity index (χ0n) is 23.8. The van der Waals surface area contributed by atoms with Crippen LogP contribution in [0.5, 0.6) is 5.75 Å². The molecule has 0 saturated heterocycles. The first-order valence-corrected chi connectivity index (χ1v) is 14.5. The molecule has 10 heteroatoms. The van der Waals surface area contributed by atoms with Gasteiger partial charge in [0.25, 0.3) is 5.91 Å². The fourth-order valence-electron chi connectivity index (χ4n) is 4.98. The summed E-state index contributed by atoms with van der Waals surface area (Å²) in [4.78, 5) is 31.0. The Bertz CT molecular complexity index is 1600. The number of ether oxygens (including phenoxy) is 1. The standard InChI is InChI=1S/C32H33ClN6O3/c1-4-9-28(32(41)35-23-10-7-6-8-11-23)42-24-16-17-27-25(18-24)30(21-12-14-22(33)15-13-21)36-26(19-29(40)34-5-2)31-38-37-20(3)39(27)31/h6-8,10-18,26,28H,4-5,9,19H2,1-3H3,(H,34,40)(H,35,41)/t26-,28?/m0/s1. The molecule has 2 amide bonds. The van der Waals surface area contributed by atoms with Gasteiger partial charge < -0.3 is 15.4 Å². The van der Waals surface area contributed by atoms with Crippen molar-refractivity contribution < 1.29 is 14.3 Å². The Morgan fingerprint density at radius 1 is 1.02 bits per heavy atom. The van der Waals surface area contributed by atoms with Crippen molar-refractivity contribution in [3.8, 4) is 11.4 Å². The number of hydrogen-bond acceptors (Lipinski definition) is 6. The van der Waals surface area contributed by atoms with Gasteiger partial charge >= 0.3 is 0 Å². The highest BCUT2D eigenvalue weighted by Gasteiger charge is 2.30. The van der Waals surface area contributed by atoms with Crippen molar-refractivity contribution >= 4 is 34.8 Å². The molecule has 0 spiro atoms. The van der Waals surface area contributed by atoms with Crippen LogP contribution in [0.2, 0.25) is 5.02 Å². The molecular formula is C32H33ClN6O3. The van der Waals surface area contributed by atoms with Crippen LogP contribution < -0.4 is 15.4 Å². The minimum Gasteiger partial charge on any atom is -0.481 e. The molecule has 216 valence electrons. The van der Waals surface area contributed by atoms with Crippen LogP contribution in [-0.4, -0.2) is 44.9 Å². The van der Waals surface area contributed by atoms with Crippen molar-refractivity contribution in [3.05, 3.63) is 101 Å². The Morgan fingerprint density at radius 2 is 1.79 bits per heavy atom. The molecule has 1 aliphatic rings. The van der Waals surface area contributed by atoms with Gasteiger partial charge in [-0.1, -0.05) is 55.3 Å². The second kappa shape index (κ2) is 13.0. The molecule has 4 aromatic rings. The predicted molar refractivity (Wildman–Crippen MR) is 164 cm³/mol. The van der Waals surface area contributed by atoms with E-state index in [9.17, 15) is 9.59 Å². The molecule has 0 aliphatic carbocycles. The van der Waals surface area contributed by atoms with Crippen molar-refractivity contribution in [2.24, 2.45) is 4.99 Å². The molecule has 42 heavy (non-hydrogen) atoms. The molecule has 3 aromatic carbocycles. The molecule has 0 bridgehead atoms. The van der Waals surface area contributed by atoms with Gasteiger partial charge in [0.2, 0.25) is 5.91 Å². The van der Waals surface area contributed by atoms with Crippen LogP contribution in [0.1, 0.15) is 61.9 Å². The van der Waals surface area contributed by atoms with Gasteiger partial charge in [0, 0.05) is 28.4 Å². The van der Waals surface area contributed by atoms with Crippen LogP contribution in [0, 0.1) is 6.92 Å². The lowest BCUT2D eigenvalue weighted by Gasteiger charge is -2.20. The third-order valence-electron chi connectivity index (χ3n) is 6.93. The van der Waals surface area contributed by atoms with E-state index in [0.717, 1.165) is 23.2 Å². The number of aliphatic imine (C=N–C) groups is 1. The Kier molecular flexibility index (Phi) is 8.97. The summed E-state index contributed by atoms with van der Waals surface area (Å²) in [5.74, 6) is 1.41. The maximum absolute atomic E-state index is 13.2. The van der Waals surface area contributed by atoms with E-state index in [1.807, 2.05) is 86.0 Å². The maximum Gasteiger partial charge on any atom is 0.265 e. The SMILES string of the molecule is CCCC(Oc1ccc2c(c1)C(c1ccc(Cl)cc1)=N[C@@H](CC(=O)NCC)c1nnc(C)n1-2)C(=O)Nc1ccccc1. The number of anilines is 1. The average molecular weight is 585 g/mol. The predicted octanol–water partition coefficient (Wildman–Crippen LogP) is 5.83. The van der Waals surface area contributed by atoms with E-state index in [1.54, 1.807) is 12.1 Å². The van der Waals surface area contributed by atoms with Crippen LogP contribution in [0.15, 0.2) is 77.8 Å². The number of hydrogen-bond donors (Lipinski definition) is 2. The smallest absolute Gasteiger partial charge is 0.265 e. The number of nitrogens with zero attached hydrogens (tertiary/aromatic N) is 4. The van der Waals surface area contributed by atoms with E-state index >= 15 is 0 Å². The van der Waals surface area contributed by atoms with Gasteiger partial charge in [0.1, 0.15) is 17.6 Å². The topological polar surface area (TPSA) is 110 Å². The first-order valence-electron chi connectivity index (χ1n) is 14.1. The lowest BCUT2D eigenvalue weighted by atomic mass is 10.00. The van der Waals surface area contributed by atoms with Crippen molar-refractivity contribution in [2.45, 2.75) is 52.2 Å². The highest BCUT2D eigenvalue weighted by molar-refractivity contribution is 6.30. The molecule has 0 radical (unpaired) electrons. The normalized spacial score (nSPS) is 14.6. The first kappa shape index (κ1) is 29.0. The summed E-state index contributed by atoms with van der Waals surface area (Å²) < 4.78 is 8.26. The quantitative estimate of drug-likeness (QED) is 0.243. The van der Waals surface area contributed by atoms with Crippen molar-refractivity contribution in [1.29, 1.82) is 0 Å². The summed E-state index contributed by atoms with van der Waals surface area (Å²) in [7, 11) is 0. The lowest BCUT2D eigenvalue weighted by Crippen LogP contribution is -2.33. The molecule has 1 aromatic heterocycles. The molecule has 2 heterocycles. The fourth-order valence-corrected chi connectivity index (χ4v) is 5.11. The van der Waals surface area contributed by atoms with Gasteiger partial charge in [-0.25, -0.2) is 0 Å². The van der Waals surface area contributed by atoms with E-state index in [4.69, 9.17) is 21.3 Å². The molecule has 5 rings (SSSR count). The molecule has 1 unspecified atom stereocenters. The number of rotatable bonds is 10. The molecule has 0 saturated carbocycles. The van der Waals surface area contributed by atoms with Crippen LogP contribution in [0.3, 0.4) is 0 Å². The van der Waals surface area contributed by atoms with Gasteiger partial charge in [-0.2, -0.15) is 0 Å². The minimum atomic E-state index is -0.701. The Balaban J connectivity index is 1.58. The molecule has 2 N–H and O–H groups in total. The summed E-state index contributed by atoms with van der Waals surface area (Å²) in [6.45, 7) is 6.28. The maximum atomic E-state index is 13.2. The van der Waals surface area contributed by atoms with Gasteiger partial charge in [-0.3, -0.25) is 19.1 Å². The highest BCUT2D eigenvalue weighted by Crippen LogP contribution is 2.35. The second-order valence-corrected chi connectivity index (χ2v) is 10.5. The number of amides is 2. The van der Waals surface area contributed by atoms with E-state index in [0.29, 0.717) is 46.8 Å². The molecule has 1 aliphatic heterocycles. The molecule has 0 fully saturated rings. The number of aryl methyl sites for hydroxylation is 1. The van der Waals surface area contributed by atoms with Gasteiger partial charge in [-0.15, -0.1) is 10.2 Å². The summed E-state index contributed by atoms with van der Waals surface area (Å²) in [6, 6.07) is 21.8. The zero-order chi connectivity index (χ0) is 29.6. The van der Waals surface area contributed by atoms with Crippen LogP contribution in [0.4, 0.5) is 5.69 Å². The Labute approximate surface area is 250 Å². The number of carbonyl (C=O) groups is 2. The minimum absolute atomic E-state index is 0.110. The summed E-state index contributed by atoms with van der Waals surface area (Å²) in [6.07, 6.45) is 0.711.